The summed E-state index contributed by atoms with van der Waals surface area (Å²) in [4.78, 5) is 4.78. The van der Waals surface area contributed by atoms with Crippen molar-refractivity contribution in [3.05, 3.63) is 48.0 Å². The summed E-state index contributed by atoms with van der Waals surface area (Å²) >= 11 is 0. The summed E-state index contributed by atoms with van der Waals surface area (Å²) in [6.45, 7) is 6.32. The summed E-state index contributed by atoms with van der Waals surface area (Å²) in [5, 5.41) is 9.58. The Bertz CT molecular complexity index is 772. The maximum Gasteiger partial charge on any atom is 0.141 e. The molecule has 1 heterocycles. The van der Waals surface area contributed by atoms with Crippen molar-refractivity contribution in [2.75, 3.05) is 0 Å². The molecule has 3 aromatic rings. The van der Waals surface area contributed by atoms with Crippen LogP contribution in [0.3, 0.4) is 0 Å². The molecule has 2 aromatic carbocycles. The fraction of sp³-hybridized carbons (Fsp3) is 0.235. The van der Waals surface area contributed by atoms with Gasteiger partial charge in [0.2, 0.25) is 0 Å². The standard InChI is InChI=1S/C17H18N2O/c1-11(2)19-16-7-5-4-6-15(16)18-17(19)14-9-8-13(20)10-12(14)3/h4-11,20H,1-3H3. The normalized spacial score (nSPS) is 11.4. The predicted octanol–water partition coefficient (Wildman–Crippen LogP) is 4.30. The number of fused-ring (bicyclic) bond motifs is 1. The van der Waals surface area contributed by atoms with Gasteiger partial charge in [0.1, 0.15) is 11.6 Å². The van der Waals surface area contributed by atoms with Gasteiger partial charge < -0.3 is 9.67 Å². The molecule has 3 rings (SSSR count). The van der Waals surface area contributed by atoms with Gasteiger partial charge in [-0.05, 0) is 56.7 Å². The van der Waals surface area contributed by atoms with Crippen LogP contribution >= 0.6 is 0 Å². The molecule has 0 fully saturated rings. The summed E-state index contributed by atoms with van der Waals surface area (Å²) in [7, 11) is 0. The van der Waals surface area contributed by atoms with E-state index in [-0.39, 0.29) is 0 Å². The van der Waals surface area contributed by atoms with Crippen LogP contribution in [0, 0.1) is 6.92 Å². The molecule has 0 spiro atoms. The number of phenolic OH excluding ortho intramolecular Hbond substituents is 1. The zero-order valence-corrected chi connectivity index (χ0v) is 12.0. The predicted molar refractivity (Wildman–Crippen MR) is 82.0 cm³/mol. The lowest BCUT2D eigenvalue weighted by molar-refractivity contribution is 0.475. The van der Waals surface area contributed by atoms with E-state index in [1.807, 2.05) is 31.2 Å². The van der Waals surface area contributed by atoms with E-state index in [1.54, 1.807) is 12.1 Å². The minimum Gasteiger partial charge on any atom is -0.508 e. The molecule has 102 valence electrons. The maximum atomic E-state index is 9.58. The number of hydrogen-bond acceptors (Lipinski definition) is 2. The number of rotatable bonds is 2. The molecule has 0 aliphatic carbocycles. The van der Waals surface area contributed by atoms with Crippen LogP contribution in [0.2, 0.25) is 0 Å². The molecule has 0 amide bonds. The van der Waals surface area contributed by atoms with Crippen LogP contribution in [0.4, 0.5) is 0 Å². The Hall–Kier alpha value is -2.29. The SMILES string of the molecule is Cc1cc(O)ccc1-c1nc2ccccc2n1C(C)C. The largest absolute Gasteiger partial charge is 0.508 e. The van der Waals surface area contributed by atoms with Gasteiger partial charge in [-0.2, -0.15) is 0 Å². The van der Waals surface area contributed by atoms with Crippen molar-refractivity contribution >= 4 is 11.0 Å². The number of imidazole rings is 1. The van der Waals surface area contributed by atoms with Crippen molar-refractivity contribution in [1.82, 2.24) is 9.55 Å². The number of hydrogen-bond donors (Lipinski definition) is 1. The second-order valence-electron chi connectivity index (χ2n) is 5.39. The van der Waals surface area contributed by atoms with Crippen LogP contribution in [0.15, 0.2) is 42.5 Å². The second-order valence-corrected chi connectivity index (χ2v) is 5.39. The summed E-state index contributed by atoms with van der Waals surface area (Å²) in [5.74, 6) is 1.25. The first-order valence-electron chi connectivity index (χ1n) is 6.85. The maximum absolute atomic E-state index is 9.58. The molecule has 0 saturated heterocycles. The van der Waals surface area contributed by atoms with Gasteiger partial charge in [0, 0.05) is 11.6 Å². The molecule has 0 aliphatic rings. The van der Waals surface area contributed by atoms with Crippen molar-refractivity contribution in [2.24, 2.45) is 0 Å². The van der Waals surface area contributed by atoms with E-state index in [9.17, 15) is 5.11 Å². The zero-order chi connectivity index (χ0) is 14.3. The van der Waals surface area contributed by atoms with Gasteiger partial charge >= 0.3 is 0 Å². The number of aromatic nitrogens is 2. The first-order valence-corrected chi connectivity index (χ1v) is 6.85. The fourth-order valence-corrected chi connectivity index (χ4v) is 2.66. The Morgan fingerprint density at radius 3 is 2.55 bits per heavy atom. The number of phenols is 1. The third kappa shape index (κ3) is 1.95. The summed E-state index contributed by atoms with van der Waals surface area (Å²) in [5.41, 5.74) is 4.24. The van der Waals surface area contributed by atoms with Gasteiger partial charge in [0.05, 0.1) is 11.0 Å². The molecule has 0 radical (unpaired) electrons. The van der Waals surface area contributed by atoms with E-state index >= 15 is 0 Å². The molecular formula is C17H18N2O. The number of para-hydroxylation sites is 2. The highest BCUT2D eigenvalue weighted by molar-refractivity contribution is 5.81. The number of aryl methyl sites for hydroxylation is 1. The Kier molecular flexibility index (Phi) is 2.97. The number of nitrogens with zero attached hydrogens (tertiary/aromatic N) is 2. The van der Waals surface area contributed by atoms with Crippen LogP contribution in [-0.2, 0) is 0 Å². The molecule has 1 aromatic heterocycles. The molecule has 3 heteroatoms. The molecule has 3 nitrogen and oxygen atoms in total. The Labute approximate surface area is 118 Å². The van der Waals surface area contributed by atoms with Gasteiger partial charge in [-0.3, -0.25) is 0 Å². The highest BCUT2D eigenvalue weighted by Gasteiger charge is 2.16. The molecule has 0 atom stereocenters. The first-order chi connectivity index (χ1) is 9.58. The van der Waals surface area contributed by atoms with Gasteiger partial charge in [-0.25, -0.2) is 4.98 Å². The van der Waals surface area contributed by atoms with E-state index in [4.69, 9.17) is 4.98 Å². The molecule has 20 heavy (non-hydrogen) atoms. The summed E-state index contributed by atoms with van der Waals surface area (Å²) in [6, 6.07) is 13.9. The molecule has 0 unspecified atom stereocenters. The van der Waals surface area contributed by atoms with Crippen LogP contribution < -0.4 is 0 Å². The van der Waals surface area contributed by atoms with E-state index in [2.05, 4.69) is 24.5 Å². The number of aromatic hydroxyl groups is 1. The number of benzene rings is 2. The van der Waals surface area contributed by atoms with Gasteiger partial charge in [-0.15, -0.1) is 0 Å². The minimum absolute atomic E-state index is 0.290. The average molecular weight is 266 g/mol. The van der Waals surface area contributed by atoms with Gasteiger partial charge in [-0.1, -0.05) is 12.1 Å². The third-order valence-corrected chi connectivity index (χ3v) is 3.56. The average Bonchev–Trinajstić information content (AvgIpc) is 2.77. The van der Waals surface area contributed by atoms with E-state index in [0.29, 0.717) is 11.8 Å². The quantitative estimate of drug-likeness (QED) is 0.751. The molecule has 1 N–H and O–H groups in total. The summed E-state index contributed by atoms with van der Waals surface area (Å²) < 4.78 is 2.24. The Morgan fingerprint density at radius 1 is 1.10 bits per heavy atom. The van der Waals surface area contributed by atoms with Crippen LogP contribution in [0.1, 0.15) is 25.5 Å². The highest BCUT2D eigenvalue weighted by atomic mass is 16.3. The first kappa shape index (κ1) is 12.7. The highest BCUT2D eigenvalue weighted by Crippen LogP contribution is 2.31. The van der Waals surface area contributed by atoms with Crippen LogP contribution in [-0.4, -0.2) is 14.7 Å². The Balaban J connectivity index is 2.32. The molecule has 0 aliphatic heterocycles. The lowest BCUT2D eigenvalue weighted by Crippen LogP contribution is -2.03. The smallest absolute Gasteiger partial charge is 0.141 e. The van der Waals surface area contributed by atoms with Gasteiger partial charge in [0.15, 0.2) is 0 Å². The second kappa shape index (κ2) is 4.67. The zero-order valence-electron chi connectivity index (χ0n) is 12.0. The van der Waals surface area contributed by atoms with Crippen LogP contribution in [0.5, 0.6) is 5.75 Å². The molecule has 0 saturated carbocycles. The van der Waals surface area contributed by atoms with Gasteiger partial charge in [0.25, 0.3) is 0 Å². The van der Waals surface area contributed by atoms with Crippen molar-refractivity contribution in [1.29, 1.82) is 0 Å². The van der Waals surface area contributed by atoms with E-state index in [1.165, 1.54) is 0 Å². The van der Waals surface area contributed by atoms with E-state index < -0.39 is 0 Å². The van der Waals surface area contributed by atoms with E-state index in [0.717, 1.165) is 28.0 Å². The van der Waals surface area contributed by atoms with Crippen molar-refractivity contribution < 1.29 is 5.11 Å². The van der Waals surface area contributed by atoms with Crippen molar-refractivity contribution in [3.63, 3.8) is 0 Å². The summed E-state index contributed by atoms with van der Waals surface area (Å²) in [6.07, 6.45) is 0. The monoisotopic (exact) mass is 266 g/mol. The Morgan fingerprint density at radius 2 is 1.85 bits per heavy atom. The lowest BCUT2D eigenvalue weighted by Gasteiger charge is -2.14. The molecular weight excluding hydrogens is 248 g/mol. The third-order valence-electron chi connectivity index (χ3n) is 3.56. The fourth-order valence-electron chi connectivity index (χ4n) is 2.66. The lowest BCUT2D eigenvalue weighted by atomic mass is 10.1. The topological polar surface area (TPSA) is 38.1 Å². The van der Waals surface area contributed by atoms with Crippen molar-refractivity contribution in [3.8, 4) is 17.1 Å². The van der Waals surface area contributed by atoms with Crippen LogP contribution in [0.25, 0.3) is 22.4 Å². The van der Waals surface area contributed by atoms with Crippen molar-refractivity contribution in [2.45, 2.75) is 26.8 Å². The minimum atomic E-state index is 0.290. The molecule has 0 bridgehead atoms.